The number of aliphatic hydroxyl groups excluding tert-OH is 1. The Morgan fingerprint density at radius 3 is 2.57 bits per heavy atom. The van der Waals surface area contributed by atoms with Gasteiger partial charge in [0.25, 0.3) is 5.91 Å². The number of fused-ring (bicyclic) bond motifs is 1. The lowest BCUT2D eigenvalue weighted by atomic mass is 10.0. The first-order chi connectivity index (χ1) is 11.2. The SMILES string of the molecule is O=C(c1nn(-c2ccccc2)c2c1CCCCC2)N1CC(O)C1. The van der Waals surface area contributed by atoms with Crippen molar-refractivity contribution in [3.05, 3.63) is 47.3 Å². The predicted octanol–water partition coefficient (Wildman–Crippen LogP) is 1.96. The van der Waals surface area contributed by atoms with E-state index >= 15 is 0 Å². The summed E-state index contributed by atoms with van der Waals surface area (Å²) < 4.78 is 1.95. The summed E-state index contributed by atoms with van der Waals surface area (Å²) in [6.45, 7) is 0.845. The quantitative estimate of drug-likeness (QED) is 0.863. The molecule has 0 spiro atoms. The first-order valence-corrected chi connectivity index (χ1v) is 8.37. The number of carbonyl (C=O) groups excluding carboxylic acids is 1. The van der Waals surface area contributed by atoms with Gasteiger partial charge in [0.1, 0.15) is 0 Å². The highest BCUT2D eigenvalue weighted by Crippen LogP contribution is 2.28. The number of benzene rings is 1. The van der Waals surface area contributed by atoms with Crippen molar-refractivity contribution in [3.63, 3.8) is 0 Å². The Morgan fingerprint density at radius 1 is 1.09 bits per heavy atom. The van der Waals surface area contributed by atoms with Crippen molar-refractivity contribution < 1.29 is 9.90 Å². The molecule has 1 amide bonds. The minimum absolute atomic E-state index is 0.0388. The molecule has 1 N–H and O–H groups in total. The van der Waals surface area contributed by atoms with Crippen LogP contribution in [0.5, 0.6) is 0 Å². The topological polar surface area (TPSA) is 58.4 Å². The number of nitrogens with zero attached hydrogens (tertiary/aromatic N) is 3. The van der Waals surface area contributed by atoms with Gasteiger partial charge in [-0.25, -0.2) is 4.68 Å². The molecule has 2 heterocycles. The summed E-state index contributed by atoms with van der Waals surface area (Å²) in [5, 5.41) is 14.1. The van der Waals surface area contributed by atoms with E-state index in [1.165, 1.54) is 12.1 Å². The van der Waals surface area contributed by atoms with Gasteiger partial charge in [-0.3, -0.25) is 4.79 Å². The highest BCUT2D eigenvalue weighted by atomic mass is 16.3. The van der Waals surface area contributed by atoms with E-state index in [-0.39, 0.29) is 12.0 Å². The molecule has 2 aliphatic rings. The number of β-amino-alcohol motifs (C(OH)–C–C–N with tert-alkyl or cyclic N) is 1. The second kappa shape index (κ2) is 5.81. The fourth-order valence-electron chi connectivity index (χ4n) is 3.50. The van der Waals surface area contributed by atoms with Crippen LogP contribution < -0.4 is 0 Å². The summed E-state index contributed by atoms with van der Waals surface area (Å²) in [7, 11) is 0. The minimum Gasteiger partial charge on any atom is -0.389 e. The van der Waals surface area contributed by atoms with E-state index in [9.17, 15) is 9.90 Å². The fourth-order valence-corrected chi connectivity index (χ4v) is 3.50. The molecule has 1 aromatic carbocycles. The molecule has 120 valence electrons. The summed E-state index contributed by atoms with van der Waals surface area (Å²) >= 11 is 0. The predicted molar refractivity (Wildman–Crippen MR) is 86.7 cm³/mol. The summed E-state index contributed by atoms with van der Waals surface area (Å²) in [5.41, 5.74) is 3.88. The number of para-hydroxylation sites is 1. The molecule has 2 aromatic rings. The van der Waals surface area contributed by atoms with Crippen molar-refractivity contribution in [1.29, 1.82) is 0 Å². The molecule has 4 rings (SSSR count). The highest BCUT2D eigenvalue weighted by Gasteiger charge is 2.34. The Morgan fingerprint density at radius 2 is 1.83 bits per heavy atom. The van der Waals surface area contributed by atoms with Crippen LogP contribution in [-0.4, -0.2) is 44.9 Å². The number of carbonyl (C=O) groups is 1. The van der Waals surface area contributed by atoms with Crippen molar-refractivity contribution in [2.45, 2.75) is 38.2 Å². The van der Waals surface area contributed by atoms with Crippen LogP contribution in [0.3, 0.4) is 0 Å². The average Bonchev–Trinajstić information content (AvgIpc) is 2.74. The van der Waals surface area contributed by atoms with Gasteiger partial charge >= 0.3 is 0 Å². The number of amides is 1. The lowest BCUT2D eigenvalue weighted by molar-refractivity contribution is 0.00540. The first-order valence-electron chi connectivity index (χ1n) is 8.37. The number of hydrogen-bond donors (Lipinski definition) is 1. The van der Waals surface area contributed by atoms with Crippen molar-refractivity contribution in [3.8, 4) is 5.69 Å². The molecule has 0 radical (unpaired) electrons. The van der Waals surface area contributed by atoms with Gasteiger partial charge in [0, 0.05) is 24.3 Å². The lowest BCUT2D eigenvalue weighted by Crippen LogP contribution is -2.53. The molecule has 1 aliphatic heterocycles. The first kappa shape index (κ1) is 14.5. The van der Waals surface area contributed by atoms with Crippen molar-refractivity contribution in [2.75, 3.05) is 13.1 Å². The standard InChI is InChI=1S/C18H21N3O2/c22-14-11-20(12-14)18(23)17-15-9-5-2-6-10-16(15)21(19-17)13-7-3-1-4-8-13/h1,3-4,7-8,14,22H,2,5-6,9-12H2. The average molecular weight is 311 g/mol. The molecule has 0 bridgehead atoms. The Hall–Kier alpha value is -2.14. The van der Waals surface area contributed by atoms with Gasteiger partial charge < -0.3 is 10.0 Å². The second-order valence-electron chi connectivity index (χ2n) is 6.45. The minimum atomic E-state index is -0.381. The number of likely N-dealkylation sites (tertiary alicyclic amines) is 1. The molecule has 23 heavy (non-hydrogen) atoms. The van der Waals surface area contributed by atoms with Gasteiger partial charge in [0.2, 0.25) is 0 Å². The molecule has 0 atom stereocenters. The van der Waals surface area contributed by atoms with Crippen LogP contribution in [0.1, 0.15) is 41.0 Å². The van der Waals surface area contributed by atoms with Gasteiger partial charge in [-0.15, -0.1) is 0 Å². The maximum absolute atomic E-state index is 12.7. The maximum atomic E-state index is 12.7. The molecular formula is C18H21N3O2. The number of aliphatic hydroxyl groups is 1. The van der Waals surface area contributed by atoms with Crippen LogP contribution in [-0.2, 0) is 12.8 Å². The van der Waals surface area contributed by atoms with Crippen LogP contribution in [0.4, 0.5) is 0 Å². The Bertz CT molecular complexity index is 717. The van der Waals surface area contributed by atoms with Gasteiger partial charge in [-0.1, -0.05) is 24.6 Å². The van der Waals surface area contributed by atoms with Crippen molar-refractivity contribution >= 4 is 5.91 Å². The van der Waals surface area contributed by atoms with Crippen LogP contribution in [0.2, 0.25) is 0 Å². The third-order valence-electron chi connectivity index (χ3n) is 4.78. The van der Waals surface area contributed by atoms with Gasteiger partial charge in [-0.2, -0.15) is 5.10 Å². The van der Waals surface area contributed by atoms with Gasteiger partial charge in [-0.05, 0) is 37.8 Å². The van der Waals surface area contributed by atoms with E-state index in [1.807, 2.05) is 35.0 Å². The molecule has 5 heteroatoms. The summed E-state index contributed by atoms with van der Waals surface area (Å²) in [5.74, 6) is -0.0388. The second-order valence-corrected chi connectivity index (χ2v) is 6.45. The lowest BCUT2D eigenvalue weighted by Gasteiger charge is -2.35. The van der Waals surface area contributed by atoms with Crippen molar-refractivity contribution in [2.24, 2.45) is 0 Å². The third-order valence-corrected chi connectivity index (χ3v) is 4.78. The largest absolute Gasteiger partial charge is 0.389 e. The molecular weight excluding hydrogens is 290 g/mol. The monoisotopic (exact) mass is 311 g/mol. The van der Waals surface area contributed by atoms with Crippen LogP contribution in [0.25, 0.3) is 5.69 Å². The van der Waals surface area contributed by atoms with Gasteiger partial charge in [0.15, 0.2) is 5.69 Å². The van der Waals surface area contributed by atoms with Crippen LogP contribution in [0.15, 0.2) is 30.3 Å². The zero-order valence-electron chi connectivity index (χ0n) is 13.1. The van der Waals surface area contributed by atoms with E-state index in [0.29, 0.717) is 18.8 Å². The molecule has 0 unspecified atom stereocenters. The van der Waals surface area contributed by atoms with Gasteiger partial charge in [0.05, 0.1) is 11.8 Å². The zero-order valence-corrected chi connectivity index (χ0v) is 13.1. The highest BCUT2D eigenvalue weighted by molar-refractivity contribution is 5.94. The molecule has 1 aliphatic carbocycles. The summed E-state index contributed by atoms with van der Waals surface area (Å²) in [4.78, 5) is 14.4. The molecule has 5 nitrogen and oxygen atoms in total. The van der Waals surface area contributed by atoms with E-state index < -0.39 is 0 Å². The summed E-state index contributed by atoms with van der Waals surface area (Å²) in [6, 6.07) is 10.0. The number of rotatable bonds is 2. The Labute approximate surface area is 135 Å². The molecule has 1 saturated heterocycles. The van der Waals surface area contributed by atoms with E-state index in [2.05, 4.69) is 5.10 Å². The van der Waals surface area contributed by atoms with E-state index in [4.69, 9.17) is 0 Å². The van der Waals surface area contributed by atoms with Crippen molar-refractivity contribution in [1.82, 2.24) is 14.7 Å². The fraction of sp³-hybridized carbons (Fsp3) is 0.444. The summed E-state index contributed by atoms with van der Waals surface area (Å²) in [6.07, 6.45) is 4.94. The normalized spacial score (nSPS) is 18.2. The van der Waals surface area contributed by atoms with Crippen LogP contribution >= 0.6 is 0 Å². The number of aromatic nitrogens is 2. The Balaban J connectivity index is 1.77. The molecule has 0 saturated carbocycles. The third kappa shape index (κ3) is 2.55. The number of hydrogen-bond acceptors (Lipinski definition) is 3. The smallest absolute Gasteiger partial charge is 0.274 e. The zero-order chi connectivity index (χ0) is 15.8. The van der Waals surface area contributed by atoms with E-state index in [0.717, 1.165) is 36.9 Å². The molecule has 1 fully saturated rings. The van der Waals surface area contributed by atoms with E-state index in [1.54, 1.807) is 4.90 Å². The van der Waals surface area contributed by atoms with Crippen LogP contribution in [0, 0.1) is 0 Å². The Kier molecular flexibility index (Phi) is 3.65. The maximum Gasteiger partial charge on any atom is 0.274 e. The molecule has 1 aromatic heterocycles.